The van der Waals surface area contributed by atoms with E-state index in [9.17, 15) is 4.79 Å². The van der Waals surface area contributed by atoms with Crippen LogP contribution in [0.15, 0.2) is 30.7 Å². The largest absolute Gasteiger partial charge is 0.480 e. The summed E-state index contributed by atoms with van der Waals surface area (Å²) in [6, 6.07) is 5.16. The van der Waals surface area contributed by atoms with E-state index in [0.29, 0.717) is 11.4 Å². The first-order valence-electron chi connectivity index (χ1n) is 8.04. The quantitative estimate of drug-likeness (QED) is 0.928. The minimum atomic E-state index is -0.308. The van der Waals surface area contributed by atoms with E-state index >= 15 is 0 Å². The smallest absolute Gasteiger partial charge is 0.262 e. The Morgan fingerprint density at radius 1 is 1.29 bits per heavy atom. The molecule has 7 nitrogen and oxygen atoms in total. The Morgan fingerprint density at radius 3 is 2.83 bits per heavy atom. The molecule has 0 saturated carbocycles. The van der Waals surface area contributed by atoms with Crippen LogP contribution >= 0.6 is 0 Å². The van der Waals surface area contributed by atoms with E-state index in [1.54, 1.807) is 24.4 Å². The summed E-state index contributed by atoms with van der Waals surface area (Å²) in [5, 5.41) is 2.78. The van der Waals surface area contributed by atoms with Gasteiger partial charge < -0.3 is 15.0 Å². The van der Waals surface area contributed by atoms with Crippen molar-refractivity contribution in [3.05, 3.63) is 36.3 Å². The highest BCUT2D eigenvalue weighted by Crippen LogP contribution is 2.23. The highest BCUT2D eigenvalue weighted by atomic mass is 16.5. The predicted octanol–water partition coefficient (Wildman–Crippen LogP) is 2.37. The molecule has 0 atom stereocenters. The van der Waals surface area contributed by atoms with E-state index in [-0.39, 0.29) is 11.8 Å². The number of nitrogens with one attached hydrogen (secondary N) is 1. The number of ether oxygens (including phenoxy) is 1. The first-order chi connectivity index (χ1) is 11.7. The van der Waals surface area contributed by atoms with Gasteiger partial charge in [-0.25, -0.2) is 15.0 Å². The van der Waals surface area contributed by atoms with Gasteiger partial charge >= 0.3 is 0 Å². The fourth-order valence-electron chi connectivity index (χ4n) is 2.74. The molecule has 2 aromatic rings. The fourth-order valence-corrected chi connectivity index (χ4v) is 2.74. The number of anilines is 2. The minimum Gasteiger partial charge on any atom is -0.480 e. The summed E-state index contributed by atoms with van der Waals surface area (Å²) in [5.41, 5.74) is 0.368. The number of amides is 1. The lowest BCUT2D eigenvalue weighted by molar-refractivity contribution is 0.102. The lowest BCUT2D eigenvalue weighted by Gasteiger charge is -2.31. The molecule has 0 unspecified atom stereocenters. The van der Waals surface area contributed by atoms with Crippen molar-refractivity contribution < 1.29 is 9.53 Å². The van der Waals surface area contributed by atoms with Gasteiger partial charge in [0, 0.05) is 25.4 Å². The third-order valence-corrected chi connectivity index (χ3v) is 4.21. The van der Waals surface area contributed by atoms with Gasteiger partial charge in [-0.05, 0) is 30.9 Å². The molecule has 24 heavy (non-hydrogen) atoms. The van der Waals surface area contributed by atoms with Crippen LogP contribution in [0.25, 0.3) is 0 Å². The first kappa shape index (κ1) is 16.2. The molecular formula is C17H21N5O2. The summed E-state index contributed by atoms with van der Waals surface area (Å²) in [7, 11) is 1.49. The van der Waals surface area contributed by atoms with Gasteiger partial charge in [0.25, 0.3) is 5.91 Å². The number of carbonyl (C=O) groups is 1. The second-order valence-electron chi connectivity index (χ2n) is 5.95. The molecule has 1 N–H and O–H groups in total. The van der Waals surface area contributed by atoms with Crippen LogP contribution in [-0.4, -0.2) is 41.1 Å². The van der Waals surface area contributed by atoms with Crippen LogP contribution in [0.1, 0.15) is 30.1 Å². The molecular weight excluding hydrogens is 306 g/mol. The molecule has 2 aromatic heterocycles. The van der Waals surface area contributed by atoms with Gasteiger partial charge in [-0.2, -0.15) is 0 Å². The van der Waals surface area contributed by atoms with Gasteiger partial charge in [0.05, 0.1) is 7.11 Å². The van der Waals surface area contributed by atoms with Gasteiger partial charge in [0.1, 0.15) is 23.5 Å². The SMILES string of the molecule is COc1ncccc1C(=O)Nc1cc(N2CCC(C)CC2)ncn1. The van der Waals surface area contributed by atoms with Crippen LogP contribution in [0.2, 0.25) is 0 Å². The Kier molecular flexibility index (Phi) is 4.88. The van der Waals surface area contributed by atoms with Crippen molar-refractivity contribution in [2.45, 2.75) is 19.8 Å². The van der Waals surface area contributed by atoms with Crippen molar-refractivity contribution in [3.63, 3.8) is 0 Å². The second-order valence-corrected chi connectivity index (χ2v) is 5.95. The number of hydrogen-bond donors (Lipinski definition) is 1. The van der Waals surface area contributed by atoms with Crippen LogP contribution in [0, 0.1) is 5.92 Å². The molecule has 3 rings (SSSR count). The summed E-state index contributed by atoms with van der Waals surface area (Å²) >= 11 is 0. The fraction of sp³-hybridized carbons (Fsp3) is 0.412. The molecule has 1 aliphatic rings. The summed E-state index contributed by atoms with van der Waals surface area (Å²) in [6.45, 7) is 4.22. The molecule has 7 heteroatoms. The number of methoxy groups -OCH3 is 1. The van der Waals surface area contributed by atoms with Gasteiger partial charge in [-0.3, -0.25) is 4.79 Å². The van der Waals surface area contributed by atoms with Crippen LogP contribution in [0.5, 0.6) is 5.88 Å². The number of rotatable bonds is 4. The van der Waals surface area contributed by atoms with Crippen molar-refractivity contribution in [2.24, 2.45) is 5.92 Å². The van der Waals surface area contributed by atoms with E-state index in [2.05, 4.69) is 32.1 Å². The van der Waals surface area contributed by atoms with E-state index in [1.165, 1.54) is 13.4 Å². The van der Waals surface area contributed by atoms with Gasteiger partial charge in [0.15, 0.2) is 0 Å². The van der Waals surface area contributed by atoms with Crippen LogP contribution in [-0.2, 0) is 0 Å². The normalized spacial score (nSPS) is 15.2. The highest BCUT2D eigenvalue weighted by molar-refractivity contribution is 6.05. The summed E-state index contributed by atoms with van der Waals surface area (Å²) in [4.78, 5) is 27.1. The van der Waals surface area contributed by atoms with Crippen LogP contribution in [0.3, 0.4) is 0 Å². The Labute approximate surface area is 141 Å². The number of nitrogens with zero attached hydrogens (tertiary/aromatic N) is 4. The molecule has 0 bridgehead atoms. The number of hydrogen-bond acceptors (Lipinski definition) is 6. The van der Waals surface area contributed by atoms with Crippen molar-refractivity contribution in [1.29, 1.82) is 0 Å². The van der Waals surface area contributed by atoms with Crippen molar-refractivity contribution in [3.8, 4) is 5.88 Å². The van der Waals surface area contributed by atoms with E-state index in [1.807, 2.05) is 0 Å². The predicted molar refractivity (Wildman–Crippen MR) is 91.4 cm³/mol. The van der Waals surface area contributed by atoms with Crippen LogP contribution in [0.4, 0.5) is 11.6 Å². The second kappa shape index (κ2) is 7.25. The zero-order valence-electron chi connectivity index (χ0n) is 13.9. The first-order valence-corrected chi connectivity index (χ1v) is 8.04. The number of piperidine rings is 1. The lowest BCUT2D eigenvalue weighted by Crippen LogP contribution is -2.33. The maximum atomic E-state index is 12.4. The zero-order valence-corrected chi connectivity index (χ0v) is 13.9. The molecule has 0 aliphatic carbocycles. The number of pyridine rings is 1. The van der Waals surface area contributed by atoms with Crippen molar-refractivity contribution in [2.75, 3.05) is 30.4 Å². The molecule has 126 valence electrons. The maximum absolute atomic E-state index is 12.4. The number of aromatic nitrogens is 3. The van der Waals surface area contributed by atoms with Gasteiger partial charge in [0.2, 0.25) is 5.88 Å². The summed E-state index contributed by atoms with van der Waals surface area (Å²) < 4.78 is 5.12. The zero-order chi connectivity index (χ0) is 16.9. The van der Waals surface area contributed by atoms with Gasteiger partial charge in [-0.15, -0.1) is 0 Å². The Morgan fingerprint density at radius 2 is 2.08 bits per heavy atom. The van der Waals surface area contributed by atoms with Crippen LogP contribution < -0.4 is 15.0 Å². The topological polar surface area (TPSA) is 80.2 Å². The molecule has 3 heterocycles. The standard InChI is InChI=1S/C17H21N5O2/c1-12-5-8-22(9-6-12)15-10-14(19-11-20-15)21-16(23)13-4-3-7-18-17(13)24-2/h3-4,7,10-12H,5-6,8-9H2,1-2H3,(H,19,20,21,23). The Balaban J connectivity index is 1.73. The van der Waals surface area contributed by atoms with Crippen molar-refractivity contribution >= 4 is 17.5 Å². The minimum absolute atomic E-state index is 0.286. The average Bonchev–Trinajstić information content (AvgIpc) is 2.62. The Bertz CT molecular complexity index is 714. The molecule has 1 aliphatic heterocycles. The lowest BCUT2D eigenvalue weighted by atomic mass is 9.99. The molecule has 0 spiro atoms. The third-order valence-electron chi connectivity index (χ3n) is 4.21. The molecule has 1 saturated heterocycles. The number of carbonyl (C=O) groups excluding carboxylic acids is 1. The van der Waals surface area contributed by atoms with E-state index in [4.69, 9.17) is 4.74 Å². The molecule has 1 amide bonds. The summed E-state index contributed by atoms with van der Waals surface area (Å²) in [6.07, 6.45) is 5.36. The summed E-state index contributed by atoms with van der Waals surface area (Å²) in [5.74, 6) is 2.03. The third kappa shape index (κ3) is 3.61. The van der Waals surface area contributed by atoms with E-state index in [0.717, 1.165) is 37.7 Å². The molecule has 0 radical (unpaired) electrons. The van der Waals surface area contributed by atoms with Crippen molar-refractivity contribution in [1.82, 2.24) is 15.0 Å². The van der Waals surface area contributed by atoms with E-state index < -0.39 is 0 Å². The average molecular weight is 327 g/mol. The Hall–Kier alpha value is -2.70. The monoisotopic (exact) mass is 327 g/mol. The van der Waals surface area contributed by atoms with Gasteiger partial charge in [-0.1, -0.05) is 6.92 Å². The maximum Gasteiger partial charge on any atom is 0.262 e. The highest BCUT2D eigenvalue weighted by Gasteiger charge is 2.18. The molecule has 0 aromatic carbocycles. The molecule has 1 fully saturated rings.